The molecule has 134 valence electrons. The summed E-state index contributed by atoms with van der Waals surface area (Å²) < 4.78 is 0. The molecule has 0 atom stereocenters. The third-order valence-electron chi connectivity index (χ3n) is 4.53. The van der Waals surface area contributed by atoms with Gasteiger partial charge >= 0.3 is 0 Å². The zero-order valence-corrected chi connectivity index (χ0v) is 16.0. The molecule has 0 fully saturated rings. The fourth-order valence-electron chi connectivity index (χ4n) is 3.17. The van der Waals surface area contributed by atoms with E-state index < -0.39 is 0 Å². The molecule has 0 aliphatic carbocycles. The Morgan fingerprint density at radius 1 is 1.21 bits per heavy atom. The molecule has 7 heteroatoms. The lowest BCUT2D eigenvalue weighted by Crippen LogP contribution is -1.95. The van der Waals surface area contributed by atoms with Crippen molar-refractivity contribution in [1.82, 2.24) is 9.97 Å². The van der Waals surface area contributed by atoms with Crippen LogP contribution in [0.2, 0.25) is 0 Å². The maximum atomic E-state index is 11.0. The predicted molar refractivity (Wildman–Crippen MR) is 115 cm³/mol. The Labute approximate surface area is 167 Å². The standard InChI is InChI=1S/C21H12N4OS2/c22-8-14-9-24-21-17(7-19(28-21)13-6-16(10-26)27-11-13)20(14)25-15-1-2-18-12(5-15)3-4-23-18/h1-7,9-11,23H,(H,24,25). The molecule has 1 aromatic carbocycles. The molecule has 0 aliphatic rings. The molecule has 28 heavy (non-hydrogen) atoms. The van der Waals surface area contributed by atoms with Gasteiger partial charge in [0.1, 0.15) is 10.9 Å². The third-order valence-corrected chi connectivity index (χ3v) is 6.48. The molecule has 5 aromatic rings. The topological polar surface area (TPSA) is 81.6 Å². The molecule has 0 aliphatic heterocycles. The van der Waals surface area contributed by atoms with Gasteiger partial charge in [0.25, 0.3) is 0 Å². The summed E-state index contributed by atoms with van der Waals surface area (Å²) in [5.74, 6) is 0. The average molecular weight is 400 g/mol. The lowest BCUT2D eigenvalue weighted by atomic mass is 10.1. The Hall–Kier alpha value is -3.47. The molecule has 0 saturated carbocycles. The quantitative estimate of drug-likeness (QED) is 0.366. The monoisotopic (exact) mass is 400 g/mol. The van der Waals surface area contributed by atoms with E-state index >= 15 is 0 Å². The number of benzene rings is 1. The number of fused-ring (bicyclic) bond motifs is 2. The van der Waals surface area contributed by atoms with Gasteiger partial charge in [-0.2, -0.15) is 5.26 Å². The van der Waals surface area contributed by atoms with Crippen molar-refractivity contribution in [2.75, 3.05) is 5.32 Å². The minimum Gasteiger partial charge on any atom is -0.361 e. The highest BCUT2D eigenvalue weighted by atomic mass is 32.1. The van der Waals surface area contributed by atoms with E-state index in [0.717, 1.165) is 49.2 Å². The first-order valence-corrected chi connectivity index (χ1v) is 10.2. The lowest BCUT2D eigenvalue weighted by molar-refractivity contribution is 0.112. The summed E-state index contributed by atoms with van der Waals surface area (Å²) in [4.78, 5) is 21.2. The fourth-order valence-corrected chi connectivity index (χ4v) is 4.95. The van der Waals surface area contributed by atoms with Crippen molar-refractivity contribution in [3.8, 4) is 16.5 Å². The van der Waals surface area contributed by atoms with E-state index in [9.17, 15) is 10.1 Å². The zero-order chi connectivity index (χ0) is 19.1. The van der Waals surface area contributed by atoms with Crippen molar-refractivity contribution in [2.24, 2.45) is 0 Å². The molecule has 4 heterocycles. The first kappa shape index (κ1) is 16.7. The van der Waals surface area contributed by atoms with Gasteiger partial charge < -0.3 is 10.3 Å². The van der Waals surface area contributed by atoms with E-state index in [0.29, 0.717) is 10.4 Å². The van der Waals surface area contributed by atoms with Gasteiger partial charge in [-0.05, 0) is 36.4 Å². The summed E-state index contributed by atoms with van der Waals surface area (Å²) in [7, 11) is 0. The number of nitrogens with one attached hydrogen (secondary N) is 2. The fraction of sp³-hybridized carbons (Fsp3) is 0. The van der Waals surface area contributed by atoms with Crippen LogP contribution in [-0.4, -0.2) is 16.3 Å². The molecule has 4 aromatic heterocycles. The minimum absolute atomic E-state index is 0.491. The summed E-state index contributed by atoms with van der Waals surface area (Å²) in [6, 6.07) is 14.2. The molecule has 2 N–H and O–H groups in total. The van der Waals surface area contributed by atoms with Gasteiger partial charge in [0.05, 0.1) is 16.1 Å². The number of aromatic amines is 1. The van der Waals surface area contributed by atoms with Crippen LogP contribution in [0.3, 0.4) is 0 Å². The highest BCUT2D eigenvalue weighted by Crippen LogP contribution is 2.39. The first-order chi connectivity index (χ1) is 13.7. The van der Waals surface area contributed by atoms with Crippen LogP contribution in [0.4, 0.5) is 11.4 Å². The van der Waals surface area contributed by atoms with Crippen LogP contribution in [0.15, 0.2) is 54.2 Å². The molecule has 5 nitrogen and oxygen atoms in total. The van der Waals surface area contributed by atoms with Crippen molar-refractivity contribution in [3.05, 3.63) is 64.6 Å². The normalized spacial score (nSPS) is 11.0. The molecule has 0 bridgehead atoms. The van der Waals surface area contributed by atoms with Gasteiger partial charge in [-0.25, -0.2) is 4.98 Å². The second-order valence-electron chi connectivity index (χ2n) is 6.25. The molecule has 0 amide bonds. The molecular formula is C21H12N4OS2. The average Bonchev–Trinajstić information content (AvgIpc) is 3.45. The van der Waals surface area contributed by atoms with E-state index in [2.05, 4.69) is 21.4 Å². The second kappa shape index (κ2) is 6.60. The molecule has 0 radical (unpaired) electrons. The minimum atomic E-state index is 0.491. The number of anilines is 2. The first-order valence-electron chi connectivity index (χ1n) is 8.46. The summed E-state index contributed by atoms with van der Waals surface area (Å²) >= 11 is 2.97. The highest BCUT2D eigenvalue weighted by molar-refractivity contribution is 7.22. The molecule has 0 spiro atoms. The van der Waals surface area contributed by atoms with E-state index in [4.69, 9.17) is 0 Å². The number of pyridine rings is 1. The van der Waals surface area contributed by atoms with Crippen molar-refractivity contribution < 1.29 is 4.79 Å². The SMILES string of the molecule is N#Cc1cnc2sc(-c3csc(C=O)c3)cc2c1Nc1ccc2[nH]ccc2c1. The lowest BCUT2D eigenvalue weighted by Gasteiger charge is -2.09. The maximum Gasteiger partial charge on any atom is 0.160 e. The Balaban J connectivity index is 1.63. The second-order valence-corrected chi connectivity index (χ2v) is 8.22. The number of aromatic nitrogens is 2. The molecule has 5 rings (SSSR count). The van der Waals surface area contributed by atoms with Crippen LogP contribution in [0, 0.1) is 11.3 Å². The Morgan fingerprint density at radius 2 is 2.14 bits per heavy atom. The van der Waals surface area contributed by atoms with Gasteiger partial charge in [0.15, 0.2) is 6.29 Å². The van der Waals surface area contributed by atoms with E-state index in [-0.39, 0.29) is 0 Å². The van der Waals surface area contributed by atoms with Gasteiger partial charge in [-0.3, -0.25) is 4.79 Å². The van der Waals surface area contributed by atoms with Crippen LogP contribution in [0.25, 0.3) is 31.6 Å². The number of carbonyl (C=O) groups excluding carboxylic acids is 1. The molecule has 0 unspecified atom stereocenters. The Morgan fingerprint density at radius 3 is 2.96 bits per heavy atom. The predicted octanol–water partition coefficient (Wildman–Crippen LogP) is 5.93. The summed E-state index contributed by atoms with van der Waals surface area (Å²) in [5, 5.41) is 16.9. The smallest absolute Gasteiger partial charge is 0.160 e. The molecular weight excluding hydrogens is 388 g/mol. The van der Waals surface area contributed by atoms with Crippen LogP contribution >= 0.6 is 22.7 Å². The van der Waals surface area contributed by atoms with Crippen LogP contribution in [0.1, 0.15) is 15.2 Å². The van der Waals surface area contributed by atoms with Gasteiger partial charge in [0.2, 0.25) is 0 Å². The number of nitrogens with zero attached hydrogens (tertiary/aromatic N) is 2. The summed E-state index contributed by atoms with van der Waals surface area (Å²) in [5.41, 5.74) is 4.20. The van der Waals surface area contributed by atoms with Crippen molar-refractivity contribution in [3.63, 3.8) is 0 Å². The number of hydrogen-bond donors (Lipinski definition) is 2. The number of nitriles is 1. The molecule has 0 saturated heterocycles. The number of hydrogen-bond acceptors (Lipinski definition) is 6. The number of carbonyl (C=O) groups is 1. The van der Waals surface area contributed by atoms with Crippen LogP contribution in [0.5, 0.6) is 0 Å². The van der Waals surface area contributed by atoms with Crippen LogP contribution in [-0.2, 0) is 0 Å². The van der Waals surface area contributed by atoms with Gasteiger partial charge in [-0.15, -0.1) is 22.7 Å². The number of thiophene rings is 2. The van der Waals surface area contributed by atoms with Crippen molar-refractivity contribution in [1.29, 1.82) is 5.26 Å². The summed E-state index contributed by atoms with van der Waals surface area (Å²) in [6.45, 7) is 0. The van der Waals surface area contributed by atoms with Crippen LogP contribution < -0.4 is 5.32 Å². The third kappa shape index (κ3) is 2.76. The Bertz CT molecular complexity index is 1390. The largest absolute Gasteiger partial charge is 0.361 e. The van der Waals surface area contributed by atoms with E-state index in [1.807, 2.05) is 48.0 Å². The zero-order valence-electron chi connectivity index (χ0n) is 14.4. The number of aldehydes is 1. The maximum absolute atomic E-state index is 11.0. The number of rotatable bonds is 4. The van der Waals surface area contributed by atoms with E-state index in [1.54, 1.807) is 17.5 Å². The summed E-state index contributed by atoms with van der Waals surface area (Å²) in [6.07, 6.45) is 4.36. The Kier molecular flexibility index (Phi) is 3.93. The van der Waals surface area contributed by atoms with Gasteiger partial charge in [-0.1, -0.05) is 0 Å². The van der Waals surface area contributed by atoms with Crippen molar-refractivity contribution >= 4 is 61.5 Å². The van der Waals surface area contributed by atoms with E-state index in [1.165, 1.54) is 11.3 Å². The number of H-pyrrole nitrogens is 1. The van der Waals surface area contributed by atoms with Gasteiger partial charge in [0, 0.05) is 50.2 Å². The highest BCUT2D eigenvalue weighted by Gasteiger charge is 2.15. The van der Waals surface area contributed by atoms with Crippen molar-refractivity contribution in [2.45, 2.75) is 0 Å².